The summed E-state index contributed by atoms with van der Waals surface area (Å²) in [4.78, 5) is 15.6. The Labute approximate surface area is 123 Å². The maximum atomic E-state index is 11.7. The average Bonchev–Trinajstić information content (AvgIpc) is 2.76. The molecule has 1 aromatic carbocycles. The Bertz CT molecular complexity index is 603. The number of nitrogens with zero attached hydrogens (tertiary/aromatic N) is 2. The van der Waals surface area contributed by atoms with Crippen LogP contribution < -0.4 is 11.1 Å². The van der Waals surface area contributed by atoms with Crippen LogP contribution in [0.2, 0.25) is 10.0 Å². The first-order chi connectivity index (χ1) is 9.04. The summed E-state index contributed by atoms with van der Waals surface area (Å²) in [6, 6.07) is 4.84. The maximum Gasteiger partial charge on any atom is 0.234 e. The van der Waals surface area contributed by atoms with Gasteiger partial charge in [0.2, 0.25) is 17.0 Å². The van der Waals surface area contributed by atoms with Crippen LogP contribution in [0.4, 0.5) is 11.6 Å². The molecule has 2 aromatic rings. The molecule has 0 spiro atoms. The van der Waals surface area contributed by atoms with Crippen molar-refractivity contribution in [1.29, 1.82) is 0 Å². The predicted octanol–water partition coefficient (Wildman–Crippen LogP) is 2.42. The van der Waals surface area contributed by atoms with Gasteiger partial charge in [0.25, 0.3) is 0 Å². The lowest BCUT2D eigenvalue weighted by Gasteiger charge is -2.06. The monoisotopic (exact) mass is 317 g/mol. The SMILES string of the molecule is Nc1nc(SCC(=O)Nc2ccc(Cl)cc2Cl)n[nH]1. The van der Waals surface area contributed by atoms with Crippen molar-refractivity contribution in [3.63, 3.8) is 0 Å². The summed E-state index contributed by atoms with van der Waals surface area (Å²) in [6.07, 6.45) is 0. The molecule has 0 fully saturated rings. The van der Waals surface area contributed by atoms with Crippen LogP contribution in [-0.4, -0.2) is 26.8 Å². The van der Waals surface area contributed by atoms with Crippen LogP contribution in [0.25, 0.3) is 0 Å². The van der Waals surface area contributed by atoms with Crippen LogP contribution in [0, 0.1) is 0 Å². The molecule has 0 unspecified atom stereocenters. The van der Waals surface area contributed by atoms with E-state index in [9.17, 15) is 4.79 Å². The van der Waals surface area contributed by atoms with Gasteiger partial charge in [-0.2, -0.15) is 4.98 Å². The number of rotatable bonds is 4. The number of hydrogen-bond donors (Lipinski definition) is 3. The lowest BCUT2D eigenvalue weighted by molar-refractivity contribution is -0.113. The largest absolute Gasteiger partial charge is 0.368 e. The number of benzene rings is 1. The van der Waals surface area contributed by atoms with Gasteiger partial charge in [-0.3, -0.25) is 4.79 Å². The molecule has 1 aromatic heterocycles. The molecule has 9 heteroatoms. The summed E-state index contributed by atoms with van der Waals surface area (Å²) in [5.74, 6) is 0.136. The molecule has 0 atom stereocenters. The summed E-state index contributed by atoms with van der Waals surface area (Å²) < 4.78 is 0. The predicted molar refractivity (Wildman–Crippen MR) is 76.6 cm³/mol. The van der Waals surface area contributed by atoms with E-state index < -0.39 is 0 Å². The van der Waals surface area contributed by atoms with Crippen molar-refractivity contribution in [2.24, 2.45) is 0 Å². The van der Waals surface area contributed by atoms with Crippen molar-refractivity contribution in [2.75, 3.05) is 16.8 Å². The van der Waals surface area contributed by atoms with Gasteiger partial charge in [0, 0.05) is 5.02 Å². The summed E-state index contributed by atoms with van der Waals surface area (Å²) in [7, 11) is 0. The molecule has 0 aliphatic carbocycles. The van der Waals surface area contributed by atoms with Gasteiger partial charge in [-0.05, 0) is 18.2 Å². The molecule has 6 nitrogen and oxygen atoms in total. The molecule has 0 aliphatic rings. The first kappa shape index (κ1) is 14.0. The number of nitrogens with two attached hydrogens (primary N) is 1. The van der Waals surface area contributed by atoms with Crippen LogP contribution >= 0.6 is 35.0 Å². The van der Waals surface area contributed by atoms with Gasteiger partial charge >= 0.3 is 0 Å². The molecule has 0 saturated carbocycles. The van der Waals surface area contributed by atoms with E-state index in [0.717, 1.165) is 11.8 Å². The lowest BCUT2D eigenvalue weighted by atomic mass is 10.3. The number of carbonyl (C=O) groups is 1. The van der Waals surface area contributed by atoms with Gasteiger partial charge in [0.05, 0.1) is 16.5 Å². The van der Waals surface area contributed by atoms with Crippen LogP contribution in [-0.2, 0) is 4.79 Å². The first-order valence-electron chi connectivity index (χ1n) is 5.10. The summed E-state index contributed by atoms with van der Waals surface area (Å²) in [5, 5.41) is 10.3. The third-order valence-electron chi connectivity index (χ3n) is 2.02. The number of H-pyrrole nitrogens is 1. The zero-order valence-corrected chi connectivity index (χ0v) is 11.8. The highest BCUT2D eigenvalue weighted by molar-refractivity contribution is 7.99. The van der Waals surface area contributed by atoms with Crippen molar-refractivity contribution in [3.8, 4) is 0 Å². The number of nitrogens with one attached hydrogen (secondary N) is 2. The fourth-order valence-electron chi connectivity index (χ4n) is 1.23. The van der Waals surface area contributed by atoms with Crippen LogP contribution in [0.1, 0.15) is 0 Å². The van der Waals surface area contributed by atoms with Crippen molar-refractivity contribution in [3.05, 3.63) is 28.2 Å². The number of nitrogen functional groups attached to an aromatic ring is 1. The van der Waals surface area contributed by atoms with Crippen LogP contribution in [0.15, 0.2) is 23.4 Å². The second kappa shape index (κ2) is 6.14. The fourth-order valence-corrected chi connectivity index (χ4v) is 2.29. The quantitative estimate of drug-likeness (QED) is 0.752. The number of hydrogen-bond acceptors (Lipinski definition) is 5. The highest BCUT2D eigenvalue weighted by atomic mass is 35.5. The Morgan fingerprint density at radius 1 is 1.47 bits per heavy atom. The molecule has 1 amide bonds. The molecule has 100 valence electrons. The molecule has 0 saturated heterocycles. The minimum absolute atomic E-state index is 0.149. The van der Waals surface area contributed by atoms with E-state index in [-0.39, 0.29) is 17.6 Å². The number of aromatic nitrogens is 3. The topological polar surface area (TPSA) is 96.7 Å². The average molecular weight is 318 g/mol. The lowest BCUT2D eigenvalue weighted by Crippen LogP contribution is -2.14. The number of halogens is 2. The molecule has 19 heavy (non-hydrogen) atoms. The Morgan fingerprint density at radius 3 is 2.89 bits per heavy atom. The Balaban J connectivity index is 1.90. The van der Waals surface area contributed by atoms with E-state index in [1.54, 1.807) is 18.2 Å². The summed E-state index contributed by atoms with van der Waals surface area (Å²) in [5.41, 5.74) is 5.88. The molecule has 4 N–H and O–H groups in total. The highest BCUT2D eigenvalue weighted by Crippen LogP contribution is 2.25. The van der Waals surface area contributed by atoms with E-state index in [2.05, 4.69) is 20.5 Å². The van der Waals surface area contributed by atoms with Gasteiger partial charge in [0.15, 0.2) is 0 Å². The first-order valence-corrected chi connectivity index (χ1v) is 6.84. The number of anilines is 2. The van der Waals surface area contributed by atoms with E-state index in [1.165, 1.54) is 0 Å². The molecule has 0 bridgehead atoms. The maximum absolute atomic E-state index is 11.7. The second-order valence-electron chi connectivity index (χ2n) is 3.46. The molecule has 1 heterocycles. The number of aromatic amines is 1. The van der Waals surface area contributed by atoms with Crippen molar-refractivity contribution >= 4 is 52.5 Å². The zero-order valence-electron chi connectivity index (χ0n) is 9.48. The van der Waals surface area contributed by atoms with Gasteiger partial charge in [-0.1, -0.05) is 35.0 Å². The summed E-state index contributed by atoms with van der Waals surface area (Å²) in [6.45, 7) is 0. The second-order valence-corrected chi connectivity index (χ2v) is 5.25. The zero-order chi connectivity index (χ0) is 13.8. The molecular weight excluding hydrogens is 309 g/mol. The smallest absolute Gasteiger partial charge is 0.234 e. The van der Waals surface area contributed by atoms with Gasteiger partial charge in [0.1, 0.15) is 0 Å². The molecular formula is C10H9Cl2N5OS. The van der Waals surface area contributed by atoms with E-state index >= 15 is 0 Å². The number of amides is 1. The highest BCUT2D eigenvalue weighted by Gasteiger charge is 2.09. The standard InChI is InChI=1S/C10H9Cl2N5OS/c11-5-1-2-7(6(12)3-5)14-8(18)4-19-10-15-9(13)16-17-10/h1-3H,4H2,(H,14,18)(H3,13,15,16,17). The Morgan fingerprint density at radius 2 is 2.26 bits per heavy atom. The van der Waals surface area contributed by atoms with Gasteiger partial charge < -0.3 is 11.1 Å². The fraction of sp³-hybridized carbons (Fsp3) is 0.100. The van der Waals surface area contributed by atoms with E-state index in [1.807, 2.05) is 0 Å². The minimum atomic E-state index is -0.224. The third kappa shape index (κ3) is 4.02. The van der Waals surface area contributed by atoms with Gasteiger partial charge in [-0.15, -0.1) is 5.10 Å². The van der Waals surface area contributed by atoms with Crippen molar-refractivity contribution in [2.45, 2.75) is 5.16 Å². The van der Waals surface area contributed by atoms with E-state index in [4.69, 9.17) is 28.9 Å². The molecule has 2 rings (SSSR count). The minimum Gasteiger partial charge on any atom is -0.368 e. The normalized spacial score (nSPS) is 10.4. The molecule has 0 radical (unpaired) electrons. The van der Waals surface area contributed by atoms with Crippen LogP contribution in [0.3, 0.4) is 0 Å². The van der Waals surface area contributed by atoms with Gasteiger partial charge in [-0.25, -0.2) is 5.10 Å². The van der Waals surface area contributed by atoms with Crippen LogP contribution in [0.5, 0.6) is 0 Å². The summed E-state index contributed by atoms with van der Waals surface area (Å²) >= 11 is 12.9. The third-order valence-corrected chi connectivity index (χ3v) is 3.41. The Hall–Kier alpha value is -1.44. The van der Waals surface area contributed by atoms with Crippen molar-refractivity contribution in [1.82, 2.24) is 15.2 Å². The number of thioether (sulfide) groups is 1. The number of carbonyl (C=O) groups excluding carboxylic acids is 1. The van der Waals surface area contributed by atoms with Crippen molar-refractivity contribution < 1.29 is 4.79 Å². The van der Waals surface area contributed by atoms with E-state index in [0.29, 0.717) is 20.9 Å². The Kier molecular flexibility index (Phi) is 4.52. The molecule has 0 aliphatic heterocycles.